The first kappa shape index (κ1) is 23.0. The highest BCUT2D eigenvalue weighted by Gasteiger charge is 2.11. The zero-order valence-electron chi connectivity index (χ0n) is 16.2. The maximum atomic E-state index is 5.58. The predicted molar refractivity (Wildman–Crippen MR) is 119 cm³/mol. The first-order valence-electron chi connectivity index (χ1n) is 8.45. The number of ether oxygens (including phenoxy) is 3. The van der Waals surface area contributed by atoms with Crippen molar-refractivity contribution in [3.05, 3.63) is 59.7 Å². The molecule has 0 radical (unpaired) electrons. The molecule has 2 aromatic rings. The Hall–Kier alpha value is -2.00. The topological polar surface area (TPSA) is 64.1 Å². The van der Waals surface area contributed by atoms with Gasteiger partial charge in [0, 0.05) is 38.9 Å². The Balaban J connectivity index is 0.00000364. The molecule has 0 aliphatic rings. The summed E-state index contributed by atoms with van der Waals surface area (Å²) in [6.07, 6.45) is -0.0507. The summed E-state index contributed by atoms with van der Waals surface area (Å²) in [6.45, 7) is 1.19. The molecule has 0 saturated carbocycles. The van der Waals surface area contributed by atoms with Crippen LogP contribution in [0.15, 0.2) is 53.5 Å². The molecule has 1 unspecified atom stereocenters. The minimum Gasteiger partial charge on any atom is -0.497 e. The summed E-state index contributed by atoms with van der Waals surface area (Å²) in [5, 5.41) is 6.59. The molecule has 1 atom stereocenters. The third kappa shape index (κ3) is 6.91. The van der Waals surface area contributed by atoms with E-state index in [1.54, 1.807) is 28.4 Å². The van der Waals surface area contributed by atoms with Gasteiger partial charge in [-0.15, -0.1) is 24.0 Å². The lowest BCUT2D eigenvalue weighted by atomic mass is 10.1. The Labute approximate surface area is 178 Å². The van der Waals surface area contributed by atoms with Gasteiger partial charge < -0.3 is 24.8 Å². The molecule has 0 fully saturated rings. The average molecular weight is 485 g/mol. The number of nitrogens with one attached hydrogen (secondary N) is 2. The van der Waals surface area contributed by atoms with Gasteiger partial charge >= 0.3 is 0 Å². The lowest BCUT2D eigenvalue weighted by molar-refractivity contribution is 0.106. The van der Waals surface area contributed by atoms with E-state index in [0.717, 1.165) is 22.6 Å². The molecule has 148 valence electrons. The van der Waals surface area contributed by atoms with Crippen molar-refractivity contribution in [2.75, 3.05) is 34.9 Å². The summed E-state index contributed by atoms with van der Waals surface area (Å²) in [7, 11) is 6.73. The average Bonchev–Trinajstić information content (AvgIpc) is 2.71. The van der Waals surface area contributed by atoms with E-state index in [9.17, 15) is 0 Å². The highest BCUT2D eigenvalue weighted by atomic mass is 127. The second kappa shape index (κ2) is 12.4. The highest BCUT2D eigenvalue weighted by molar-refractivity contribution is 14.0. The van der Waals surface area contributed by atoms with Gasteiger partial charge in [-0.2, -0.15) is 0 Å². The minimum atomic E-state index is -0.0507. The van der Waals surface area contributed by atoms with Crippen LogP contribution in [0.4, 0.5) is 0 Å². The fraction of sp³-hybridized carbons (Fsp3) is 0.350. The summed E-state index contributed by atoms with van der Waals surface area (Å²) in [5.41, 5.74) is 2.14. The summed E-state index contributed by atoms with van der Waals surface area (Å²) >= 11 is 0. The molecule has 0 amide bonds. The zero-order valence-corrected chi connectivity index (χ0v) is 18.5. The van der Waals surface area contributed by atoms with Crippen molar-refractivity contribution >= 4 is 29.9 Å². The normalized spacial score (nSPS) is 11.9. The minimum absolute atomic E-state index is 0. The molecule has 2 N–H and O–H groups in total. The van der Waals surface area contributed by atoms with Crippen LogP contribution in [0.5, 0.6) is 11.5 Å². The van der Waals surface area contributed by atoms with Gasteiger partial charge in [0.05, 0.1) is 20.3 Å². The second-order valence-electron chi connectivity index (χ2n) is 5.62. The van der Waals surface area contributed by atoms with Crippen molar-refractivity contribution in [2.45, 2.75) is 12.6 Å². The molecular weight excluding hydrogens is 457 g/mol. The molecule has 7 heteroatoms. The number of aliphatic imine (C=N–C) groups is 1. The maximum absolute atomic E-state index is 5.58. The standard InChI is InChI=1S/C20H27N3O3.HI/c1-21-20(23-14-19(26-4)15-8-6-5-7-9-15)22-13-16-10-11-17(24-2)12-18(16)25-3;/h5-12,19H,13-14H2,1-4H3,(H2,21,22,23);1H. The van der Waals surface area contributed by atoms with Gasteiger partial charge in [-0.25, -0.2) is 0 Å². The molecule has 0 aliphatic carbocycles. The van der Waals surface area contributed by atoms with Gasteiger partial charge in [-0.1, -0.05) is 30.3 Å². The molecule has 6 nitrogen and oxygen atoms in total. The number of rotatable bonds is 8. The fourth-order valence-electron chi connectivity index (χ4n) is 2.59. The van der Waals surface area contributed by atoms with Crippen molar-refractivity contribution in [2.24, 2.45) is 4.99 Å². The van der Waals surface area contributed by atoms with E-state index in [1.165, 1.54) is 0 Å². The van der Waals surface area contributed by atoms with E-state index in [4.69, 9.17) is 14.2 Å². The SMILES string of the molecule is CN=C(NCc1ccc(OC)cc1OC)NCC(OC)c1ccccc1.I. The van der Waals surface area contributed by atoms with E-state index < -0.39 is 0 Å². The van der Waals surface area contributed by atoms with Crippen LogP contribution in [-0.2, 0) is 11.3 Å². The van der Waals surface area contributed by atoms with Crippen molar-refractivity contribution < 1.29 is 14.2 Å². The number of methoxy groups -OCH3 is 3. The Morgan fingerprint density at radius 1 is 1.00 bits per heavy atom. The van der Waals surface area contributed by atoms with Crippen LogP contribution >= 0.6 is 24.0 Å². The Morgan fingerprint density at radius 2 is 1.74 bits per heavy atom. The molecule has 0 bridgehead atoms. The number of benzene rings is 2. The lowest BCUT2D eigenvalue weighted by Crippen LogP contribution is -2.39. The van der Waals surface area contributed by atoms with E-state index >= 15 is 0 Å². The van der Waals surface area contributed by atoms with Crippen LogP contribution in [-0.4, -0.2) is 40.9 Å². The molecule has 27 heavy (non-hydrogen) atoms. The smallest absolute Gasteiger partial charge is 0.191 e. The van der Waals surface area contributed by atoms with E-state index in [-0.39, 0.29) is 30.1 Å². The number of hydrogen-bond donors (Lipinski definition) is 2. The van der Waals surface area contributed by atoms with Crippen molar-refractivity contribution in [1.29, 1.82) is 0 Å². The third-order valence-corrected chi connectivity index (χ3v) is 4.07. The number of guanidine groups is 1. The van der Waals surface area contributed by atoms with Crippen LogP contribution in [0.2, 0.25) is 0 Å². The summed E-state index contributed by atoms with van der Waals surface area (Å²) in [5.74, 6) is 2.23. The van der Waals surface area contributed by atoms with Crippen LogP contribution < -0.4 is 20.1 Å². The largest absolute Gasteiger partial charge is 0.497 e. The van der Waals surface area contributed by atoms with Crippen molar-refractivity contribution in [1.82, 2.24) is 10.6 Å². The third-order valence-electron chi connectivity index (χ3n) is 4.07. The number of halogens is 1. The lowest BCUT2D eigenvalue weighted by Gasteiger charge is -2.19. The van der Waals surface area contributed by atoms with E-state index in [1.807, 2.05) is 48.5 Å². The van der Waals surface area contributed by atoms with Gasteiger partial charge in [0.25, 0.3) is 0 Å². The monoisotopic (exact) mass is 485 g/mol. The van der Waals surface area contributed by atoms with E-state index in [0.29, 0.717) is 19.0 Å². The zero-order chi connectivity index (χ0) is 18.8. The molecular formula is C20H28IN3O3. The first-order chi connectivity index (χ1) is 12.7. The number of nitrogens with zero attached hydrogens (tertiary/aromatic N) is 1. The molecule has 0 spiro atoms. The molecule has 0 heterocycles. The van der Waals surface area contributed by atoms with E-state index in [2.05, 4.69) is 15.6 Å². The van der Waals surface area contributed by atoms with Crippen LogP contribution in [0.1, 0.15) is 17.2 Å². The van der Waals surface area contributed by atoms with Crippen LogP contribution in [0.25, 0.3) is 0 Å². The van der Waals surface area contributed by atoms with Crippen LogP contribution in [0, 0.1) is 0 Å². The summed E-state index contributed by atoms with van der Waals surface area (Å²) in [6, 6.07) is 15.8. The number of hydrogen-bond acceptors (Lipinski definition) is 4. The predicted octanol–water partition coefficient (Wildman–Crippen LogP) is 3.37. The maximum Gasteiger partial charge on any atom is 0.191 e. The summed E-state index contributed by atoms with van der Waals surface area (Å²) in [4.78, 5) is 4.27. The van der Waals surface area contributed by atoms with Gasteiger partial charge in [-0.05, 0) is 17.7 Å². The second-order valence-corrected chi connectivity index (χ2v) is 5.62. The molecule has 2 rings (SSSR count). The van der Waals surface area contributed by atoms with Crippen molar-refractivity contribution in [3.8, 4) is 11.5 Å². The Morgan fingerprint density at radius 3 is 2.33 bits per heavy atom. The van der Waals surface area contributed by atoms with Crippen LogP contribution in [0.3, 0.4) is 0 Å². The van der Waals surface area contributed by atoms with Gasteiger partial charge in [-0.3, -0.25) is 4.99 Å². The Bertz CT molecular complexity index is 711. The first-order valence-corrected chi connectivity index (χ1v) is 8.45. The molecule has 2 aromatic carbocycles. The summed E-state index contributed by atoms with van der Waals surface area (Å²) < 4.78 is 16.2. The Kier molecular flexibility index (Phi) is 10.6. The molecule has 0 aromatic heterocycles. The molecule has 0 aliphatic heterocycles. The van der Waals surface area contributed by atoms with Crippen molar-refractivity contribution in [3.63, 3.8) is 0 Å². The fourth-order valence-corrected chi connectivity index (χ4v) is 2.59. The molecule has 0 saturated heterocycles. The quantitative estimate of drug-likeness (QED) is 0.341. The van der Waals surface area contributed by atoms with Gasteiger partial charge in [0.2, 0.25) is 0 Å². The highest BCUT2D eigenvalue weighted by Crippen LogP contribution is 2.24. The van der Waals surface area contributed by atoms with Gasteiger partial charge in [0.15, 0.2) is 5.96 Å². The van der Waals surface area contributed by atoms with Gasteiger partial charge in [0.1, 0.15) is 11.5 Å².